The third kappa shape index (κ3) is 4.48. The number of nitrogens with zero attached hydrogens (tertiary/aromatic N) is 1. The largest absolute Gasteiger partial charge is 0.490 e. The number of hydrogen-bond acceptors (Lipinski definition) is 5. The summed E-state index contributed by atoms with van der Waals surface area (Å²) in [5.41, 5.74) is 3.22. The monoisotopic (exact) mass is 461 g/mol. The van der Waals surface area contributed by atoms with Crippen LogP contribution in [-0.2, 0) is 4.79 Å². The molecule has 3 rings (SSSR count). The number of nitrogens with one attached hydrogen (secondary N) is 2. The molecule has 1 aliphatic heterocycles. The first-order valence-corrected chi connectivity index (χ1v) is 10.1. The van der Waals surface area contributed by atoms with Crippen LogP contribution in [0.2, 0.25) is 0 Å². The lowest BCUT2D eigenvalue weighted by Crippen LogP contribution is -2.38. The standard InChI is InChI=1S/C21H24BrN3O4/c1-5-28-16-10-13(9-15(22)19(16)29-11-17(26)25(3)4)20-23-18-12(2)7-6-8-14(18)21(27)24-20/h6-10,20,23H,5,11H2,1-4H3,(H,24,27). The average Bonchev–Trinajstić information content (AvgIpc) is 2.67. The van der Waals surface area contributed by atoms with E-state index in [1.54, 1.807) is 20.2 Å². The van der Waals surface area contributed by atoms with Gasteiger partial charge in [0.15, 0.2) is 18.1 Å². The van der Waals surface area contributed by atoms with Crippen LogP contribution in [0.15, 0.2) is 34.8 Å². The molecule has 0 aliphatic carbocycles. The molecular weight excluding hydrogens is 438 g/mol. The number of hydrogen-bond donors (Lipinski definition) is 2. The Morgan fingerprint density at radius 2 is 1.97 bits per heavy atom. The Labute approximate surface area is 178 Å². The van der Waals surface area contributed by atoms with Crippen LogP contribution in [-0.4, -0.2) is 44.0 Å². The topological polar surface area (TPSA) is 79.9 Å². The van der Waals surface area contributed by atoms with Crippen LogP contribution >= 0.6 is 15.9 Å². The Balaban J connectivity index is 1.92. The summed E-state index contributed by atoms with van der Waals surface area (Å²) >= 11 is 3.51. The molecule has 0 spiro atoms. The van der Waals surface area contributed by atoms with Crippen molar-refractivity contribution in [1.29, 1.82) is 0 Å². The Hall–Kier alpha value is -2.74. The van der Waals surface area contributed by atoms with Crippen LogP contribution in [0.5, 0.6) is 11.5 Å². The molecule has 29 heavy (non-hydrogen) atoms. The molecule has 2 aromatic rings. The van der Waals surface area contributed by atoms with Gasteiger partial charge >= 0.3 is 0 Å². The summed E-state index contributed by atoms with van der Waals surface area (Å²) in [6, 6.07) is 9.27. The molecule has 1 atom stereocenters. The maximum absolute atomic E-state index is 12.6. The van der Waals surface area contributed by atoms with Gasteiger partial charge in [0, 0.05) is 14.1 Å². The number of fused-ring (bicyclic) bond motifs is 1. The number of carbonyl (C=O) groups is 2. The fraction of sp³-hybridized carbons (Fsp3) is 0.333. The van der Waals surface area contributed by atoms with Crippen LogP contribution in [0.3, 0.4) is 0 Å². The Bertz CT molecular complexity index is 946. The molecule has 2 N–H and O–H groups in total. The van der Waals surface area contributed by atoms with Gasteiger partial charge in [0.1, 0.15) is 6.17 Å². The minimum atomic E-state index is -0.427. The van der Waals surface area contributed by atoms with Gasteiger partial charge in [-0.2, -0.15) is 0 Å². The van der Waals surface area contributed by atoms with Crippen LogP contribution in [0.1, 0.15) is 34.6 Å². The Morgan fingerprint density at radius 3 is 2.66 bits per heavy atom. The molecule has 2 amide bonds. The van der Waals surface area contributed by atoms with E-state index in [1.807, 2.05) is 38.1 Å². The van der Waals surface area contributed by atoms with Crippen molar-refractivity contribution in [3.8, 4) is 11.5 Å². The molecule has 154 valence electrons. The molecule has 8 heteroatoms. The SMILES string of the molecule is CCOc1cc(C2NC(=O)c3cccc(C)c3N2)cc(Br)c1OCC(=O)N(C)C. The van der Waals surface area contributed by atoms with Gasteiger partial charge in [0.2, 0.25) is 0 Å². The molecule has 0 aromatic heterocycles. The maximum atomic E-state index is 12.6. The zero-order chi connectivity index (χ0) is 21.1. The second-order valence-electron chi connectivity index (χ2n) is 6.89. The van der Waals surface area contributed by atoms with Crippen molar-refractivity contribution < 1.29 is 19.1 Å². The number of anilines is 1. The number of likely N-dealkylation sites (N-methyl/N-ethyl adjacent to an activating group) is 1. The molecule has 0 saturated carbocycles. The minimum Gasteiger partial charge on any atom is -0.490 e. The highest BCUT2D eigenvalue weighted by atomic mass is 79.9. The van der Waals surface area contributed by atoms with Crippen molar-refractivity contribution in [3.05, 3.63) is 51.5 Å². The summed E-state index contributed by atoms with van der Waals surface area (Å²) in [6.45, 7) is 4.16. The van der Waals surface area contributed by atoms with E-state index in [-0.39, 0.29) is 18.4 Å². The molecule has 7 nitrogen and oxygen atoms in total. The highest BCUT2D eigenvalue weighted by Crippen LogP contribution is 2.40. The van der Waals surface area contributed by atoms with Crippen LogP contribution in [0.25, 0.3) is 0 Å². The number of aryl methyl sites for hydroxylation is 1. The van der Waals surface area contributed by atoms with Crippen LogP contribution in [0, 0.1) is 6.92 Å². The van der Waals surface area contributed by atoms with E-state index in [0.29, 0.717) is 28.1 Å². The van der Waals surface area contributed by atoms with E-state index in [0.717, 1.165) is 16.8 Å². The van der Waals surface area contributed by atoms with Crippen molar-refractivity contribution in [2.24, 2.45) is 0 Å². The summed E-state index contributed by atoms with van der Waals surface area (Å²) in [4.78, 5) is 25.9. The third-order valence-corrected chi connectivity index (χ3v) is 5.17. The van der Waals surface area contributed by atoms with Gasteiger partial charge in [0.25, 0.3) is 11.8 Å². The van der Waals surface area contributed by atoms with Crippen LogP contribution < -0.4 is 20.1 Å². The van der Waals surface area contributed by atoms with E-state index < -0.39 is 6.17 Å². The predicted molar refractivity (Wildman–Crippen MR) is 115 cm³/mol. The van der Waals surface area contributed by atoms with E-state index in [4.69, 9.17) is 9.47 Å². The maximum Gasteiger partial charge on any atom is 0.259 e. The van der Waals surface area contributed by atoms with Gasteiger partial charge in [-0.3, -0.25) is 9.59 Å². The normalized spacial score (nSPS) is 15.1. The number of benzene rings is 2. The number of ether oxygens (including phenoxy) is 2. The summed E-state index contributed by atoms with van der Waals surface area (Å²) in [6.07, 6.45) is -0.427. The zero-order valence-corrected chi connectivity index (χ0v) is 18.4. The van der Waals surface area contributed by atoms with Gasteiger partial charge < -0.3 is 25.0 Å². The fourth-order valence-corrected chi connectivity index (χ4v) is 3.60. The van der Waals surface area contributed by atoms with Gasteiger partial charge in [-0.1, -0.05) is 12.1 Å². The first kappa shape index (κ1) is 21.0. The molecule has 2 aromatic carbocycles. The Kier molecular flexibility index (Phi) is 6.32. The third-order valence-electron chi connectivity index (χ3n) is 4.59. The lowest BCUT2D eigenvalue weighted by atomic mass is 10.0. The zero-order valence-electron chi connectivity index (χ0n) is 16.8. The van der Waals surface area contributed by atoms with E-state index in [9.17, 15) is 9.59 Å². The van der Waals surface area contributed by atoms with Crippen LogP contribution in [0.4, 0.5) is 5.69 Å². The first-order valence-electron chi connectivity index (χ1n) is 9.28. The fourth-order valence-electron chi connectivity index (χ4n) is 3.03. The molecule has 1 heterocycles. The number of carbonyl (C=O) groups excluding carboxylic acids is 2. The quantitative estimate of drug-likeness (QED) is 0.688. The summed E-state index contributed by atoms with van der Waals surface area (Å²) in [5.74, 6) is 0.648. The number of para-hydroxylation sites is 1. The van der Waals surface area contributed by atoms with Crippen molar-refractivity contribution in [1.82, 2.24) is 10.2 Å². The van der Waals surface area contributed by atoms with E-state index in [2.05, 4.69) is 26.6 Å². The lowest BCUT2D eigenvalue weighted by Gasteiger charge is -2.30. The van der Waals surface area contributed by atoms with Crippen molar-refractivity contribution in [2.75, 3.05) is 32.6 Å². The average molecular weight is 462 g/mol. The molecular formula is C21H24BrN3O4. The number of rotatable bonds is 6. The second kappa shape index (κ2) is 8.73. The molecule has 0 radical (unpaired) electrons. The highest BCUT2D eigenvalue weighted by molar-refractivity contribution is 9.10. The van der Waals surface area contributed by atoms with Gasteiger partial charge in [-0.05, 0) is 59.1 Å². The smallest absolute Gasteiger partial charge is 0.259 e. The summed E-state index contributed by atoms with van der Waals surface area (Å²) in [5, 5.41) is 6.35. The Morgan fingerprint density at radius 1 is 1.21 bits per heavy atom. The van der Waals surface area contributed by atoms with Gasteiger partial charge in [-0.15, -0.1) is 0 Å². The van der Waals surface area contributed by atoms with Crippen molar-refractivity contribution >= 4 is 33.4 Å². The molecule has 0 bridgehead atoms. The van der Waals surface area contributed by atoms with Gasteiger partial charge in [-0.25, -0.2) is 0 Å². The van der Waals surface area contributed by atoms with E-state index in [1.165, 1.54) is 4.90 Å². The summed E-state index contributed by atoms with van der Waals surface area (Å²) in [7, 11) is 3.34. The minimum absolute atomic E-state index is 0.101. The first-order chi connectivity index (χ1) is 13.8. The molecule has 0 saturated heterocycles. The summed E-state index contributed by atoms with van der Waals surface area (Å²) < 4.78 is 12.1. The number of halogens is 1. The number of amides is 2. The molecule has 0 fully saturated rings. The van der Waals surface area contributed by atoms with Crippen molar-refractivity contribution in [3.63, 3.8) is 0 Å². The van der Waals surface area contributed by atoms with Crippen molar-refractivity contribution in [2.45, 2.75) is 20.0 Å². The molecule has 1 unspecified atom stereocenters. The molecule has 1 aliphatic rings. The predicted octanol–water partition coefficient (Wildman–Crippen LogP) is 3.48. The van der Waals surface area contributed by atoms with Gasteiger partial charge in [0.05, 0.1) is 22.3 Å². The second-order valence-corrected chi connectivity index (χ2v) is 7.74. The lowest BCUT2D eigenvalue weighted by molar-refractivity contribution is -0.130. The highest BCUT2D eigenvalue weighted by Gasteiger charge is 2.27. The van der Waals surface area contributed by atoms with E-state index >= 15 is 0 Å².